The van der Waals surface area contributed by atoms with Crippen molar-refractivity contribution in [3.8, 4) is 28.8 Å². The molecule has 1 N–H and O–H groups in total. The summed E-state index contributed by atoms with van der Waals surface area (Å²) in [6, 6.07) is 15.5. The summed E-state index contributed by atoms with van der Waals surface area (Å²) in [4.78, 5) is 20.7. The third-order valence-electron chi connectivity index (χ3n) is 9.21. The highest BCUT2D eigenvalue weighted by Gasteiger charge is 2.38. The maximum absolute atomic E-state index is 13.8. The lowest BCUT2D eigenvalue weighted by molar-refractivity contribution is -0.127. The van der Waals surface area contributed by atoms with E-state index in [-0.39, 0.29) is 41.0 Å². The summed E-state index contributed by atoms with van der Waals surface area (Å²) >= 11 is 0. The van der Waals surface area contributed by atoms with Crippen molar-refractivity contribution in [2.75, 3.05) is 42.7 Å². The van der Waals surface area contributed by atoms with Gasteiger partial charge in [0.15, 0.2) is 9.84 Å². The lowest BCUT2D eigenvalue weighted by Gasteiger charge is -2.32. The van der Waals surface area contributed by atoms with Gasteiger partial charge in [0.1, 0.15) is 23.3 Å². The molecule has 1 aromatic heterocycles. The zero-order valence-electron chi connectivity index (χ0n) is 24.6. The minimum atomic E-state index is -2.99. The van der Waals surface area contributed by atoms with Gasteiger partial charge in [-0.2, -0.15) is 5.26 Å². The number of carbonyl (C=O) groups excluding carboxylic acids is 1. The first-order chi connectivity index (χ1) is 21.3. The number of benzene rings is 2. The summed E-state index contributed by atoms with van der Waals surface area (Å²) in [5, 5.41) is 13.0. The van der Waals surface area contributed by atoms with Gasteiger partial charge in [0.2, 0.25) is 11.8 Å². The first-order valence-electron chi connectivity index (χ1n) is 15.4. The Labute approximate surface area is 257 Å². The normalized spacial score (nSPS) is 23.0. The van der Waals surface area contributed by atoms with Crippen LogP contribution in [-0.2, 0) is 19.4 Å². The van der Waals surface area contributed by atoms with Crippen molar-refractivity contribution in [3.05, 3.63) is 60.1 Å². The summed E-state index contributed by atoms with van der Waals surface area (Å²) < 4.78 is 49.4. The van der Waals surface area contributed by atoms with Gasteiger partial charge in [0.25, 0.3) is 0 Å². The van der Waals surface area contributed by atoms with Gasteiger partial charge in [-0.25, -0.2) is 17.8 Å². The molecule has 2 aliphatic heterocycles. The first kappa shape index (κ1) is 30.3. The summed E-state index contributed by atoms with van der Waals surface area (Å²) in [6.07, 6.45) is 4.71. The zero-order valence-corrected chi connectivity index (χ0v) is 25.4. The fraction of sp³-hybridized carbons (Fsp3) is 0.485. The number of hydrogen-bond donors (Lipinski definition) is 1. The number of ether oxygens (including phenoxy) is 1. The van der Waals surface area contributed by atoms with Gasteiger partial charge in [0.05, 0.1) is 17.6 Å². The van der Waals surface area contributed by atoms with Crippen molar-refractivity contribution in [2.45, 2.75) is 50.5 Å². The smallest absolute Gasteiger partial charge is 0.226 e. The van der Waals surface area contributed by atoms with Gasteiger partial charge in [-0.3, -0.25) is 4.79 Å². The first-order valence-corrected chi connectivity index (χ1v) is 17.2. The molecule has 3 unspecified atom stereocenters. The molecule has 2 saturated heterocycles. The van der Waals surface area contributed by atoms with Crippen molar-refractivity contribution in [2.24, 2.45) is 11.8 Å². The predicted octanol–water partition coefficient (Wildman–Crippen LogP) is 5.09. The van der Waals surface area contributed by atoms with E-state index in [0.717, 1.165) is 43.4 Å². The van der Waals surface area contributed by atoms with E-state index in [2.05, 4.69) is 16.3 Å². The Hall–Kier alpha value is -3.75. The van der Waals surface area contributed by atoms with Crippen molar-refractivity contribution >= 4 is 21.4 Å². The number of nitriles is 1. The van der Waals surface area contributed by atoms with Gasteiger partial charge in [-0.05, 0) is 68.0 Å². The largest absolute Gasteiger partial charge is 0.440 e. The Morgan fingerprint density at radius 1 is 0.977 bits per heavy atom. The third kappa shape index (κ3) is 6.66. The fourth-order valence-electron chi connectivity index (χ4n) is 6.63. The number of amides is 1. The summed E-state index contributed by atoms with van der Waals surface area (Å²) in [6.45, 7) is 2.08. The van der Waals surface area contributed by atoms with Crippen LogP contribution >= 0.6 is 0 Å². The minimum absolute atomic E-state index is 0.0594. The quantitative estimate of drug-likeness (QED) is 0.387. The van der Waals surface area contributed by atoms with Crippen LogP contribution in [-0.4, -0.2) is 63.2 Å². The van der Waals surface area contributed by atoms with Crippen LogP contribution in [0.4, 0.5) is 10.1 Å². The maximum atomic E-state index is 13.8. The number of rotatable bonds is 7. The molecule has 44 heavy (non-hydrogen) atoms. The molecule has 1 amide bonds. The molecule has 2 aromatic carbocycles. The van der Waals surface area contributed by atoms with E-state index in [0.29, 0.717) is 55.6 Å². The van der Waals surface area contributed by atoms with Crippen LogP contribution in [0.1, 0.15) is 50.2 Å². The van der Waals surface area contributed by atoms with Gasteiger partial charge in [-0.15, -0.1) is 0 Å². The Morgan fingerprint density at radius 2 is 1.64 bits per heavy atom. The Balaban J connectivity index is 1.31. The number of hydrogen-bond acceptors (Lipinski definition) is 8. The standard InChI is InChI=1S/C33H37FN4O5S/c34-25-9-5-24(6-10-25)33-37-30(23-7-11-26(12-8-23)38-15-19-44(40,41)20-16-38)31(43-33)27-3-1-2-4-28(27)32(39)36-29(21-35)22-13-17-42-18-14-22/h5-12,22,27-29H,1-4,13-20H2,(H,36,39). The van der Waals surface area contributed by atoms with Gasteiger partial charge in [0, 0.05) is 55.0 Å². The molecule has 1 saturated carbocycles. The molecule has 3 atom stereocenters. The number of sulfone groups is 1. The van der Waals surface area contributed by atoms with E-state index in [1.165, 1.54) is 12.1 Å². The van der Waals surface area contributed by atoms with Crippen molar-refractivity contribution in [1.29, 1.82) is 5.26 Å². The Kier molecular flexibility index (Phi) is 9.01. The molecule has 1 aliphatic carbocycles. The van der Waals surface area contributed by atoms with Crippen LogP contribution in [0.25, 0.3) is 22.7 Å². The van der Waals surface area contributed by atoms with Crippen molar-refractivity contribution in [1.82, 2.24) is 10.3 Å². The van der Waals surface area contributed by atoms with Crippen LogP contribution < -0.4 is 10.2 Å². The van der Waals surface area contributed by atoms with E-state index in [1.54, 1.807) is 12.1 Å². The van der Waals surface area contributed by atoms with E-state index in [1.807, 2.05) is 24.3 Å². The summed E-state index contributed by atoms with van der Waals surface area (Å²) in [7, 11) is -2.99. The minimum Gasteiger partial charge on any atom is -0.440 e. The highest BCUT2D eigenvalue weighted by Crippen LogP contribution is 2.44. The van der Waals surface area contributed by atoms with Gasteiger partial charge in [-0.1, -0.05) is 25.0 Å². The van der Waals surface area contributed by atoms with Crippen LogP contribution in [0.2, 0.25) is 0 Å². The topological polar surface area (TPSA) is 126 Å². The maximum Gasteiger partial charge on any atom is 0.226 e. The second-order valence-electron chi connectivity index (χ2n) is 12.0. The zero-order chi connectivity index (χ0) is 30.7. The van der Waals surface area contributed by atoms with E-state index >= 15 is 0 Å². The highest BCUT2D eigenvalue weighted by molar-refractivity contribution is 7.91. The molecule has 3 fully saturated rings. The van der Waals surface area contributed by atoms with Crippen LogP contribution in [0.5, 0.6) is 0 Å². The number of anilines is 1. The second kappa shape index (κ2) is 13.1. The van der Waals surface area contributed by atoms with Gasteiger partial charge >= 0.3 is 0 Å². The average Bonchev–Trinajstić information content (AvgIpc) is 3.50. The molecular formula is C33H37FN4O5S. The van der Waals surface area contributed by atoms with Crippen LogP contribution in [0, 0.1) is 29.0 Å². The van der Waals surface area contributed by atoms with E-state index in [9.17, 15) is 22.9 Å². The fourth-order valence-corrected chi connectivity index (χ4v) is 7.83. The lowest BCUT2D eigenvalue weighted by Crippen LogP contribution is -2.45. The molecule has 9 nitrogen and oxygen atoms in total. The molecular weight excluding hydrogens is 583 g/mol. The molecule has 0 bridgehead atoms. The van der Waals surface area contributed by atoms with E-state index in [4.69, 9.17) is 14.1 Å². The molecule has 232 valence electrons. The number of halogens is 1. The van der Waals surface area contributed by atoms with Gasteiger partial charge < -0.3 is 19.4 Å². The third-order valence-corrected chi connectivity index (χ3v) is 10.8. The number of nitrogens with one attached hydrogen (secondary N) is 1. The summed E-state index contributed by atoms with van der Waals surface area (Å²) in [5.41, 5.74) is 3.00. The van der Waals surface area contributed by atoms with Crippen LogP contribution in [0.15, 0.2) is 52.9 Å². The van der Waals surface area contributed by atoms with Crippen molar-refractivity contribution < 1.29 is 26.8 Å². The number of aromatic nitrogens is 1. The number of oxazole rings is 1. The monoisotopic (exact) mass is 620 g/mol. The molecule has 0 spiro atoms. The molecule has 0 radical (unpaired) electrons. The summed E-state index contributed by atoms with van der Waals surface area (Å²) in [5.74, 6) is 0.150. The van der Waals surface area contributed by atoms with Crippen LogP contribution in [0.3, 0.4) is 0 Å². The SMILES string of the molecule is N#CC(NC(=O)C1CCCCC1c1oc(-c2ccc(F)cc2)nc1-c1ccc(N2CCS(=O)(=O)CC2)cc1)C1CCOCC1. The van der Waals surface area contributed by atoms with Crippen molar-refractivity contribution in [3.63, 3.8) is 0 Å². The van der Waals surface area contributed by atoms with E-state index < -0.39 is 15.9 Å². The lowest BCUT2D eigenvalue weighted by atomic mass is 9.76. The number of carbonyl (C=O) groups is 1. The average molecular weight is 621 g/mol. The number of nitrogens with zero attached hydrogens (tertiary/aromatic N) is 3. The highest BCUT2D eigenvalue weighted by atomic mass is 32.2. The molecule has 11 heteroatoms. The predicted molar refractivity (Wildman–Crippen MR) is 164 cm³/mol. The molecule has 6 rings (SSSR count). The second-order valence-corrected chi connectivity index (χ2v) is 14.3. The molecule has 3 aromatic rings. The molecule has 3 aliphatic rings. The Bertz CT molecular complexity index is 1600. The Morgan fingerprint density at radius 3 is 2.32 bits per heavy atom. The molecule has 3 heterocycles.